The van der Waals surface area contributed by atoms with E-state index in [0.717, 1.165) is 4.90 Å². The second-order valence-electron chi connectivity index (χ2n) is 6.47. The Hall–Kier alpha value is -2.37. The molecule has 5 nitrogen and oxygen atoms in total. The van der Waals surface area contributed by atoms with E-state index in [1.54, 1.807) is 36.4 Å². The van der Waals surface area contributed by atoms with Gasteiger partial charge in [-0.3, -0.25) is 19.3 Å². The minimum absolute atomic E-state index is 0.227. The van der Waals surface area contributed by atoms with E-state index in [-0.39, 0.29) is 5.92 Å². The highest BCUT2D eigenvalue weighted by atomic mass is 35.5. The maximum atomic E-state index is 13.0. The predicted molar refractivity (Wildman–Crippen MR) is 105 cm³/mol. The molecule has 0 aliphatic carbocycles. The molecule has 0 fully saturated rings. The van der Waals surface area contributed by atoms with E-state index in [9.17, 15) is 14.4 Å². The number of anilines is 1. The fourth-order valence-corrected chi connectivity index (χ4v) is 3.40. The van der Waals surface area contributed by atoms with Crippen molar-refractivity contribution in [2.45, 2.75) is 26.3 Å². The van der Waals surface area contributed by atoms with Crippen LogP contribution in [0.2, 0.25) is 10.0 Å². The second kappa shape index (κ2) is 7.71. The van der Waals surface area contributed by atoms with Crippen LogP contribution in [0.3, 0.4) is 0 Å². The summed E-state index contributed by atoms with van der Waals surface area (Å²) in [7, 11) is 0. The molecule has 0 spiro atoms. The molecular weight excluding hydrogens is 387 g/mol. The number of carbonyl (C=O) groups excluding carboxylic acids is 3. The summed E-state index contributed by atoms with van der Waals surface area (Å²) in [5, 5.41) is 3.41. The van der Waals surface area contributed by atoms with Gasteiger partial charge in [0.25, 0.3) is 11.8 Å². The van der Waals surface area contributed by atoms with Crippen LogP contribution in [0.5, 0.6) is 0 Å². The number of carbonyl (C=O) groups is 3. The van der Waals surface area contributed by atoms with Crippen molar-refractivity contribution in [2.24, 2.45) is 5.92 Å². The van der Waals surface area contributed by atoms with Gasteiger partial charge in [-0.1, -0.05) is 55.6 Å². The van der Waals surface area contributed by atoms with Crippen LogP contribution in [0.15, 0.2) is 42.5 Å². The third-order valence-electron chi connectivity index (χ3n) is 4.74. The third kappa shape index (κ3) is 3.57. The fourth-order valence-electron chi connectivity index (χ4n) is 3.10. The Morgan fingerprint density at radius 1 is 1.04 bits per heavy atom. The lowest BCUT2D eigenvalue weighted by Gasteiger charge is -2.29. The maximum Gasteiger partial charge on any atom is 0.262 e. The van der Waals surface area contributed by atoms with Crippen molar-refractivity contribution in [1.82, 2.24) is 4.90 Å². The predicted octanol–water partition coefficient (Wildman–Crippen LogP) is 4.64. The lowest BCUT2D eigenvalue weighted by molar-refractivity contribution is -0.121. The summed E-state index contributed by atoms with van der Waals surface area (Å²) in [6.45, 7) is 3.74. The summed E-state index contributed by atoms with van der Waals surface area (Å²) in [6.07, 6.45) is 0.618. The topological polar surface area (TPSA) is 66.5 Å². The molecule has 1 heterocycles. The van der Waals surface area contributed by atoms with Crippen LogP contribution in [-0.4, -0.2) is 28.7 Å². The van der Waals surface area contributed by atoms with Gasteiger partial charge < -0.3 is 5.32 Å². The van der Waals surface area contributed by atoms with E-state index in [1.165, 1.54) is 6.07 Å². The van der Waals surface area contributed by atoms with E-state index in [0.29, 0.717) is 33.3 Å². The van der Waals surface area contributed by atoms with Gasteiger partial charge in [-0.05, 0) is 36.2 Å². The Morgan fingerprint density at radius 3 is 2.15 bits per heavy atom. The molecule has 0 saturated carbocycles. The molecule has 3 amide bonds. The lowest BCUT2D eigenvalue weighted by Crippen LogP contribution is -2.50. The van der Waals surface area contributed by atoms with Crippen LogP contribution in [0.1, 0.15) is 41.0 Å². The minimum Gasteiger partial charge on any atom is -0.324 e. The average molecular weight is 405 g/mol. The van der Waals surface area contributed by atoms with E-state index >= 15 is 0 Å². The zero-order valence-corrected chi connectivity index (χ0v) is 16.3. The quantitative estimate of drug-likeness (QED) is 0.737. The molecule has 2 aromatic carbocycles. The molecule has 7 heteroatoms. The van der Waals surface area contributed by atoms with Gasteiger partial charge in [-0.15, -0.1) is 0 Å². The Labute approximate surface area is 167 Å². The highest BCUT2D eigenvalue weighted by Crippen LogP contribution is 2.30. The van der Waals surface area contributed by atoms with Crippen molar-refractivity contribution in [1.29, 1.82) is 0 Å². The number of nitrogens with zero attached hydrogens (tertiary/aromatic N) is 1. The normalized spacial score (nSPS) is 15.5. The summed E-state index contributed by atoms with van der Waals surface area (Å²) in [5.41, 5.74) is 1.08. The molecule has 140 valence electrons. The number of hydrogen-bond acceptors (Lipinski definition) is 3. The molecule has 2 aromatic rings. The monoisotopic (exact) mass is 404 g/mol. The Balaban J connectivity index is 1.93. The lowest BCUT2D eigenvalue weighted by atomic mass is 9.96. The van der Waals surface area contributed by atoms with E-state index in [2.05, 4.69) is 5.32 Å². The summed E-state index contributed by atoms with van der Waals surface area (Å²) in [6, 6.07) is 10.4. The average Bonchev–Trinajstić information content (AvgIpc) is 2.90. The van der Waals surface area contributed by atoms with Crippen LogP contribution < -0.4 is 5.32 Å². The molecule has 0 radical (unpaired) electrons. The zero-order chi connectivity index (χ0) is 19.7. The first kappa shape index (κ1) is 19.4. The van der Waals surface area contributed by atoms with Gasteiger partial charge in [-0.2, -0.15) is 0 Å². The van der Waals surface area contributed by atoms with Crippen molar-refractivity contribution in [2.75, 3.05) is 5.32 Å². The number of nitrogens with one attached hydrogen (secondary N) is 1. The minimum atomic E-state index is -0.933. The molecule has 3 rings (SSSR count). The Bertz CT molecular complexity index is 894. The number of benzene rings is 2. The number of amides is 3. The summed E-state index contributed by atoms with van der Waals surface area (Å²) >= 11 is 11.9. The molecule has 2 atom stereocenters. The van der Waals surface area contributed by atoms with Crippen LogP contribution in [0.4, 0.5) is 5.69 Å². The fraction of sp³-hybridized carbons (Fsp3) is 0.250. The number of fused-ring (bicyclic) bond motifs is 1. The smallest absolute Gasteiger partial charge is 0.262 e. The van der Waals surface area contributed by atoms with Crippen LogP contribution in [0, 0.1) is 5.92 Å². The van der Waals surface area contributed by atoms with Crippen molar-refractivity contribution in [3.63, 3.8) is 0 Å². The SMILES string of the molecule is CCC(C)C(C(=O)Nc1ccc(Cl)c(Cl)c1)N1C(=O)c2ccccc2C1=O. The van der Waals surface area contributed by atoms with Gasteiger partial charge in [0.2, 0.25) is 5.91 Å². The van der Waals surface area contributed by atoms with Gasteiger partial charge in [-0.25, -0.2) is 0 Å². The number of halogens is 2. The van der Waals surface area contributed by atoms with E-state index in [4.69, 9.17) is 23.2 Å². The number of rotatable bonds is 5. The van der Waals surface area contributed by atoms with Crippen molar-refractivity contribution in [3.8, 4) is 0 Å². The summed E-state index contributed by atoms with van der Waals surface area (Å²) < 4.78 is 0. The zero-order valence-electron chi connectivity index (χ0n) is 14.8. The molecule has 1 N–H and O–H groups in total. The standard InChI is InChI=1S/C20H18Cl2N2O3/c1-3-11(2)17(18(25)23-12-8-9-15(21)16(22)10-12)24-19(26)13-6-4-5-7-14(13)20(24)27/h4-11,17H,3H2,1-2H3,(H,23,25). The van der Waals surface area contributed by atoms with Gasteiger partial charge >= 0.3 is 0 Å². The summed E-state index contributed by atoms with van der Waals surface area (Å²) in [4.78, 5) is 39.7. The molecule has 2 unspecified atom stereocenters. The van der Waals surface area contributed by atoms with Gasteiger partial charge in [0.1, 0.15) is 6.04 Å². The van der Waals surface area contributed by atoms with Crippen molar-refractivity contribution in [3.05, 3.63) is 63.6 Å². The molecule has 27 heavy (non-hydrogen) atoms. The number of hydrogen-bond donors (Lipinski definition) is 1. The first-order valence-corrected chi connectivity index (χ1v) is 9.33. The Morgan fingerprint density at radius 2 is 1.63 bits per heavy atom. The van der Waals surface area contributed by atoms with E-state index < -0.39 is 23.8 Å². The third-order valence-corrected chi connectivity index (χ3v) is 5.48. The van der Waals surface area contributed by atoms with Crippen LogP contribution in [0.25, 0.3) is 0 Å². The van der Waals surface area contributed by atoms with Crippen molar-refractivity contribution >= 4 is 46.6 Å². The molecule has 0 aromatic heterocycles. The highest BCUT2D eigenvalue weighted by Gasteiger charge is 2.44. The molecule has 0 saturated heterocycles. The van der Waals surface area contributed by atoms with Crippen molar-refractivity contribution < 1.29 is 14.4 Å². The van der Waals surface area contributed by atoms with Crippen LogP contribution in [-0.2, 0) is 4.79 Å². The molecule has 1 aliphatic heterocycles. The second-order valence-corrected chi connectivity index (χ2v) is 7.29. The van der Waals surface area contributed by atoms with E-state index in [1.807, 2.05) is 13.8 Å². The van der Waals surface area contributed by atoms with Gasteiger partial charge in [0.15, 0.2) is 0 Å². The molecule has 1 aliphatic rings. The number of imide groups is 1. The summed E-state index contributed by atoms with van der Waals surface area (Å²) in [5.74, 6) is -1.58. The first-order chi connectivity index (χ1) is 12.8. The largest absolute Gasteiger partial charge is 0.324 e. The van der Waals surface area contributed by atoms with Gasteiger partial charge in [0, 0.05) is 5.69 Å². The first-order valence-electron chi connectivity index (χ1n) is 8.58. The maximum absolute atomic E-state index is 13.0. The molecular formula is C20H18Cl2N2O3. The van der Waals surface area contributed by atoms with Crippen LogP contribution >= 0.6 is 23.2 Å². The molecule has 0 bridgehead atoms. The Kier molecular flexibility index (Phi) is 5.53. The van der Waals surface area contributed by atoms with Gasteiger partial charge in [0.05, 0.1) is 21.2 Å². The highest BCUT2D eigenvalue weighted by molar-refractivity contribution is 6.42.